The van der Waals surface area contributed by atoms with Crippen molar-refractivity contribution in [1.29, 1.82) is 0 Å². The van der Waals surface area contributed by atoms with Crippen LogP contribution in [0.5, 0.6) is 0 Å². The Morgan fingerprint density at radius 2 is 2.21 bits per heavy atom. The quantitative estimate of drug-likeness (QED) is 0.729. The molecule has 0 aliphatic rings. The molecule has 0 unspecified atom stereocenters. The van der Waals surface area contributed by atoms with E-state index in [4.69, 9.17) is 5.73 Å². The third-order valence-corrected chi connectivity index (χ3v) is 2.51. The van der Waals surface area contributed by atoms with Gasteiger partial charge < -0.3 is 15.8 Å². The number of primary amides is 1. The Labute approximate surface area is 84.9 Å². The smallest absolute Gasteiger partial charge is 0.350 e. The van der Waals surface area contributed by atoms with Crippen LogP contribution < -0.4 is 11.1 Å². The van der Waals surface area contributed by atoms with Crippen molar-refractivity contribution < 1.29 is 14.3 Å². The van der Waals surface area contributed by atoms with Gasteiger partial charge in [-0.2, -0.15) is 0 Å². The topological polar surface area (TPSA) is 81.4 Å². The van der Waals surface area contributed by atoms with Crippen molar-refractivity contribution in [1.82, 2.24) is 0 Å². The summed E-state index contributed by atoms with van der Waals surface area (Å²) in [4.78, 5) is 23.1. The highest BCUT2D eigenvalue weighted by molar-refractivity contribution is 7.14. The SMILES string of the molecule is COC(=O)c1sc(C)cc1NC(N)=O. The fourth-order valence-electron chi connectivity index (χ4n) is 0.984. The Morgan fingerprint density at radius 3 is 2.71 bits per heavy atom. The van der Waals surface area contributed by atoms with E-state index in [1.807, 2.05) is 6.92 Å². The molecule has 1 aromatic rings. The Balaban J connectivity index is 3.02. The summed E-state index contributed by atoms with van der Waals surface area (Å²) in [6.07, 6.45) is 0. The number of aryl methyl sites for hydroxylation is 1. The zero-order valence-electron chi connectivity index (χ0n) is 7.79. The number of carbonyl (C=O) groups excluding carboxylic acids is 2. The van der Waals surface area contributed by atoms with Crippen molar-refractivity contribution in [2.45, 2.75) is 6.92 Å². The summed E-state index contributed by atoms with van der Waals surface area (Å²) in [7, 11) is 1.28. The van der Waals surface area contributed by atoms with Crippen molar-refractivity contribution in [2.75, 3.05) is 12.4 Å². The van der Waals surface area contributed by atoms with Crippen LogP contribution in [0.15, 0.2) is 6.07 Å². The van der Waals surface area contributed by atoms with Crippen LogP contribution in [0.25, 0.3) is 0 Å². The number of amides is 2. The second kappa shape index (κ2) is 4.10. The number of hydrogen-bond donors (Lipinski definition) is 2. The maximum absolute atomic E-state index is 11.2. The molecule has 2 amide bonds. The molecule has 0 fully saturated rings. The Bertz CT molecular complexity index is 373. The lowest BCUT2D eigenvalue weighted by Crippen LogP contribution is -2.20. The number of nitrogens with one attached hydrogen (secondary N) is 1. The van der Waals surface area contributed by atoms with E-state index < -0.39 is 12.0 Å². The van der Waals surface area contributed by atoms with E-state index in [0.29, 0.717) is 10.6 Å². The zero-order chi connectivity index (χ0) is 10.7. The molecule has 3 N–H and O–H groups in total. The maximum atomic E-state index is 11.2. The highest BCUT2D eigenvalue weighted by Crippen LogP contribution is 2.27. The van der Waals surface area contributed by atoms with Gasteiger partial charge in [0.1, 0.15) is 4.88 Å². The number of hydrogen-bond acceptors (Lipinski definition) is 4. The summed E-state index contributed by atoms with van der Waals surface area (Å²) in [5, 5.41) is 2.36. The van der Waals surface area contributed by atoms with E-state index >= 15 is 0 Å². The molecule has 0 spiro atoms. The number of methoxy groups -OCH3 is 1. The first-order valence-corrected chi connectivity index (χ1v) is 4.61. The summed E-state index contributed by atoms with van der Waals surface area (Å²) < 4.78 is 4.55. The first-order valence-electron chi connectivity index (χ1n) is 3.79. The van der Waals surface area contributed by atoms with Crippen molar-refractivity contribution in [3.8, 4) is 0 Å². The molecular weight excluding hydrogens is 204 g/mol. The maximum Gasteiger partial charge on any atom is 0.350 e. The number of esters is 1. The number of ether oxygens (including phenoxy) is 1. The van der Waals surface area contributed by atoms with Gasteiger partial charge in [0, 0.05) is 4.88 Å². The Hall–Kier alpha value is -1.56. The molecule has 0 atom stereocenters. The number of rotatable bonds is 2. The molecule has 0 aromatic carbocycles. The van der Waals surface area contributed by atoms with Gasteiger partial charge in [-0.05, 0) is 13.0 Å². The van der Waals surface area contributed by atoms with Crippen molar-refractivity contribution in [3.63, 3.8) is 0 Å². The molecule has 6 heteroatoms. The van der Waals surface area contributed by atoms with E-state index in [1.165, 1.54) is 18.4 Å². The van der Waals surface area contributed by atoms with Gasteiger partial charge in [-0.25, -0.2) is 9.59 Å². The summed E-state index contributed by atoms with van der Waals surface area (Å²) in [5.74, 6) is -0.480. The first-order chi connectivity index (χ1) is 6.54. The van der Waals surface area contributed by atoms with Gasteiger partial charge in [-0.1, -0.05) is 0 Å². The third kappa shape index (κ3) is 2.23. The van der Waals surface area contributed by atoms with Crippen LogP contribution in [0, 0.1) is 6.92 Å². The first kappa shape index (κ1) is 10.5. The van der Waals surface area contributed by atoms with E-state index in [9.17, 15) is 9.59 Å². The third-order valence-electron chi connectivity index (χ3n) is 1.48. The number of thiophene rings is 1. The van der Waals surface area contributed by atoms with Crippen LogP contribution in [-0.4, -0.2) is 19.1 Å². The second-order valence-corrected chi connectivity index (χ2v) is 3.84. The average molecular weight is 214 g/mol. The van der Waals surface area contributed by atoms with Crippen molar-refractivity contribution in [2.24, 2.45) is 5.73 Å². The average Bonchev–Trinajstić information content (AvgIpc) is 2.44. The lowest BCUT2D eigenvalue weighted by atomic mass is 10.3. The highest BCUT2D eigenvalue weighted by atomic mass is 32.1. The predicted octanol–water partition coefficient (Wildman–Crippen LogP) is 1.33. The largest absolute Gasteiger partial charge is 0.465 e. The minimum atomic E-state index is -0.701. The van der Waals surface area contributed by atoms with Crippen LogP contribution in [-0.2, 0) is 4.74 Å². The Kier molecular flexibility index (Phi) is 3.08. The number of urea groups is 1. The zero-order valence-corrected chi connectivity index (χ0v) is 8.60. The van der Waals surface area contributed by atoms with E-state index in [2.05, 4.69) is 10.1 Å². The number of anilines is 1. The van der Waals surface area contributed by atoms with Gasteiger partial charge in [0.15, 0.2) is 0 Å². The molecular formula is C8H10N2O3S. The van der Waals surface area contributed by atoms with Crippen molar-refractivity contribution in [3.05, 3.63) is 15.8 Å². The van der Waals surface area contributed by atoms with Crippen LogP contribution in [0.1, 0.15) is 14.5 Å². The predicted molar refractivity (Wildman–Crippen MR) is 53.6 cm³/mol. The lowest BCUT2D eigenvalue weighted by molar-refractivity contribution is 0.0607. The van der Waals surface area contributed by atoms with Crippen LogP contribution in [0.4, 0.5) is 10.5 Å². The summed E-state index contributed by atoms with van der Waals surface area (Å²) in [6, 6.07) is 0.967. The van der Waals surface area contributed by atoms with Crippen LogP contribution in [0.2, 0.25) is 0 Å². The van der Waals surface area contributed by atoms with Gasteiger partial charge >= 0.3 is 12.0 Å². The molecule has 0 aliphatic carbocycles. The fraction of sp³-hybridized carbons (Fsp3) is 0.250. The van der Waals surface area contributed by atoms with Gasteiger partial charge in [0.05, 0.1) is 12.8 Å². The molecule has 0 bridgehead atoms. The molecule has 1 rings (SSSR count). The highest BCUT2D eigenvalue weighted by Gasteiger charge is 2.16. The molecule has 0 saturated heterocycles. The molecule has 14 heavy (non-hydrogen) atoms. The molecule has 5 nitrogen and oxygen atoms in total. The molecule has 76 valence electrons. The second-order valence-electron chi connectivity index (χ2n) is 2.58. The van der Waals surface area contributed by atoms with E-state index in [0.717, 1.165) is 4.88 Å². The molecule has 1 heterocycles. The van der Waals surface area contributed by atoms with Crippen LogP contribution >= 0.6 is 11.3 Å². The summed E-state index contributed by atoms with van der Waals surface area (Å²) in [5.41, 5.74) is 5.34. The number of carbonyl (C=O) groups is 2. The molecule has 0 radical (unpaired) electrons. The normalized spacial score (nSPS) is 9.57. The minimum absolute atomic E-state index is 0.351. The van der Waals surface area contributed by atoms with Gasteiger partial charge in [-0.3, -0.25) is 0 Å². The summed E-state index contributed by atoms with van der Waals surface area (Å²) >= 11 is 1.24. The minimum Gasteiger partial charge on any atom is -0.465 e. The molecule has 0 aliphatic heterocycles. The van der Waals surface area contributed by atoms with Gasteiger partial charge in [0.2, 0.25) is 0 Å². The lowest BCUT2D eigenvalue weighted by Gasteiger charge is -2.00. The van der Waals surface area contributed by atoms with Crippen LogP contribution in [0.3, 0.4) is 0 Å². The van der Waals surface area contributed by atoms with Crippen molar-refractivity contribution >= 4 is 29.0 Å². The fourth-order valence-corrected chi connectivity index (χ4v) is 1.87. The molecule has 0 saturated carbocycles. The monoisotopic (exact) mass is 214 g/mol. The Morgan fingerprint density at radius 1 is 1.57 bits per heavy atom. The molecule has 1 aromatic heterocycles. The van der Waals surface area contributed by atoms with Gasteiger partial charge in [0.25, 0.3) is 0 Å². The number of nitrogens with two attached hydrogens (primary N) is 1. The van der Waals surface area contributed by atoms with Gasteiger partial charge in [-0.15, -0.1) is 11.3 Å². The van der Waals surface area contributed by atoms with E-state index in [-0.39, 0.29) is 0 Å². The summed E-state index contributed by atoms with van der Waals surface area (Å²) in [6.45, 7) is 1.82. The standard InChI is InChI=1S/C8H10N2O3S/c1-4-3-5(10-8(9)12)6(14-4)7(11)13-2/h3H,1-2H3,(H3,9,10,12). The van der Waals surface area contributed by atoms with E-state index in [1.54, 1.807) is 6.07 Å².